The summed E-state index contributed by atoms with van der Waals surface area (Å²) in [5, 5.41) is 19.7. The lowest BCUT2D eigenvalue weighted by Crippen LogP contribution is -2.41. The van der Waals surface area contributed by atoms with E-state index < -0.39 is 0 Å². The van der Waals surface area contributed by atoms with Gasteiger partial charge in [0.2, 0.25) is 0 Å². The molecule has 2 N–H and O–H groups in total. The van der Waals surface area contributed by atoms with Gasteiger partial charge in [-0.25, -0.2) is 0 Å². The minimum absolute atomic E-state index is 0.0987. The number of aliphatic hydroxyl groups is 2. The monoisotopic (exact) mass is 354 g/mol. The quantitative estimate of drug-likeness (QED) is 0.836. The van der Waals surface area contributed by atoms with Gasteiger partial charge in [0, 0.05) is 19.3 Å². The summed E-state index contributed by atoms with van der Waals surface area (Å²) in [5.74, 6) is 0.136. The number of benzene rings is 1. The van der Waals surface area contributed by atoms with Gasteiger partial charge in [0.15, 0.2) is 0 Å². The molecule has 0 radical (unpaired) electrons. The van der Waals surface area contributed by atoms with Gasteiger partial charge in [-0.05, 0) is 54.9 Å². The number of amides is 1. The predicted octanol–water partition coefficient (Wildman–Crippen LogP) is 2.42. The van der Waals surface area contributed by atoms with Crippen molar-refractivity contribution in [3.63, 3.8) is 0 Å². The van der Waals surface area contributed by atoms with E-state index in [1.807, 2.05) is 18.2 Å². The summed E-state index contributed by atoms with van der Waals surface area (Å²) in [4.78, 5) is 18.5. The molecule has 0 aliphatic carbocycles. The average molecular weight is 354 g/mol. The number of aryl methyl sites for hydroxylation is 1. The van der Waals surface area contributed by atoms with Gasteiger partial charge in [-0.2, -0.15) is 0 Å². The van der Waals surface area contributed by atoms with E-state index in [0.717, 1.165) is 25.7 Å². The first-order valence-electron chi connectivity index (χ1n) is 9.24. The lowest BCUT2D eigenvalue weighted by atomic mass is 9.88. The number of carbonyl (C=O) groups excluding carboxylic acids is 1. The van der Waals surface area contributed by atoms with Crippen LogP contribution >= 0.6 is 0 Å². The van der Waals surface area contributed by atoms with Crippen molar-refractivity contribution in [2.24, 2.45) is 5.92 Å². The van der Waals surface area contributed by atoms with Gasteiger partial charge >= 0.3 is 0 Å². The van der Waals surface area contributed by atoms with E-state index in [2.05, 4.69) is 17.1 Å². The number of carbonyl (C=O) groups is 1. The molecule has 5 heteroatoms. The molecule has 0 spiro atoms. The summed E-state index contributed by atoms with van der Waals surface area (Å²) >= 11 is 0. The summed E-state index contributed by atoms with van der Waals surface area (Å²) in [6, 6.07) is 13.5. The Hall–Kier alpha value is -2.24. The fraction of sp³-hybridized carbons (Fsp3) is 0.429. The first kappa shape index (κ1) is 18.5. The van der Waals surface area contributed by atoms with Crippen LogP contribution in [0.3, 0.4) is 0 Å². The minimum atomic E-state index is -0.330. The van der Waals surface area contributed by atoms with Crippen LogP contribution in [-0.2, 0) is 13.0 Å². The molecule has 3 rings (SSSR count). The van der Waals surface area contributed by atoms with Crippen LogP contribution in [0, 0.1) is 5.92 Å². The third-order valence-electron chi connectivity index (χ3n) is 5.17. The maximum absolute atomic E-state index is 12.6. The van der Waals surface area contributed by atoms with E-state index in [-0.39, 0.29) is 24.5 Å². The molecular formula is C21H26N2O3. The van der Waals surface area contributed by atoms with Crippen LogP contribution in [0.25, 0.3) is 0 Å². The van der Waals surface area contributed by atoms with Gasteiger partial charge in [-0.15, -0.1) is 0 Å². The maximum Gasteiger partial charge on any atom is 0.272 e. The minimum Gasteiger partial charge on any atom is -0.393 e. The summed E-state index contributed by atoms with van der Waals surface area (Å²) in [5.41, 5.74) is 2.31. The van der Waals surface area contributed by atoms with Gasteiger partial charge in [0.1, 0.15) is 5.69 Å². The SMILES string of the molecule is O=C(c1cc(CO)ccn1)N1CCC([C@@H](O)CCc2ccccc2)CC1. The first-order valence-corrected chi connectivity index (χ1v) is 9.24. The highest BCUT2D eigenvalue weighted by atomic mass is 16.3. The molecule has 1 atom stereocenters. The molecule has 26 heavy (non-hydrogen) atoms. The number of pyridine rings is 1. The van der Waals surface area contributed by atoms with Crippen LogP contribution in [0.1, 0.15) is 40.9 Å². The second kappa shape index (κ2) is 8.92. The molecule has 0 unspecified atom stereocenters. The van der Waals surface area contributed by atoms with Gasteiger partial charge in [-0.1, -0.05) is 30.3 Å². The Bertz CT molecular complexity index is 712. The molecule has 0 bridgehead atoms. The fourth-order valence-corrected chi connectivity index (χ4v) is 3.53. The lowest BCUT2D eigenvalue weighted by molar-refractivity contribution is 0.0433. The third kappa shape index (κ3) is 4.68. The summed E-state index contributed by atoms with van der Waals surface area (Å²) in [6.45, 7) is 1.17. The van der Waals surface area contributed by atoms with Crippen LogP contribution < -0.4 is 0 Å². The number of rotatable bonds is 6. The summed E-state index contributed by atoms with van der Waals surface area (Å²) < 4.78 is 0. The number of aliphatic hydroxyl groups excluding tert-OH is 2. The highest BCUT2D eigenvalue weighted by Gasteiger charge is 2.28. The number of nitrogens with zero attached hydrogens (tertiary/aromatic N) is 2. The number of aromatic nitrogens is 1. The topological polar surface area (TPSA) is 73.7 Å². The van der Waals surface area contributed by atoms with E-state index >= 15 is 0 Å². The van der Waals surface area contributed by atoms with E-state index in [9.17, 15) is 15.0 Å². The molecule has 138 valence electrons. The number of piperidine rings is 1. The Morgan fingerprint density at radius 1 is 1.15 bits per heavy atom. The smallest absolute Gasteiger partial charge is 0.272 e. The lowest BCUT2D eigenvalue weighted by Gasteiger charge is -2.34. The molecule has 1 aromatic carbocycles. The van der Waals surface area contributed by atoms with E-state index in [1.54, 1.807) is 23.2 Å². The normalized spacial score (nSPS) is 16.5. The molecule has 1 aliphatic heterocycles. The van der Waals surface area contributed by atoms with Gasteiger partial charge in [0.05, 0.1) is 12.7 Å². The van der Waals surface area contributed by atoms with Crippen LogP contribution in [0.15, 0.2) is 48.7 Å². The number of hydrogen-bond acceptors (Lipinski definition) is 4. The van der Waals surface area contributed by atoms with Crippen molar-refractivity contribution < 1.29 is 15.0 Å². The van der Waals surface area contributed by atoms with E-state index in [4.69, 9.17) is 0 Å². The zero-order valence-electron chi connectivity index (χ0n) is 14.9. The molecule has 1 aromatic heterocycles. The summed E-state index contributed by atoms with van der Waals surface area (Å²) in [6.07, 6.45) is 4.46. The Kier molecular flexibility index (Phi) is 6.36. The van der Waals surface area contributed by atoms with Crippen LogP contribution in [0.4, 0.5) is 0 Å². The van der Waals surface area contributed by atoms with Crippen molar-refractivity contribution in [3.05, 3.63) is 65.5 Å². The Morgan fingerprint density at radius 3 is 2.58 bits per heavy atom. The van der Waals surface area contributed by atoms with E-state index in [0.29, 0.717) is 24.3 Å². The second-order valence-corrected chi connectivity index (χ2v) is 6.93. The van der Waals surface area contributed by atoms with Crippen LogP contribution in [0.2, 0.25) is 0 Å². The molecule has 1 saturated heterocycles. The Balaban J connectivity index is 1.49. The van der Waals surface area contributed by atoms with Gasteiger partial charge in [0.25, 0.3) is 5.91 Å². The standard InChI is InChI=1S/C21H26N2O3/c24-15-17-8-11-22-19(14-17)21(26)23-12-9-18(10-13-23)20(25)7-6-16-4-2-1-3-5-16/h1-5,8,11,14,18,20,24-25H,6-7,9-10,12-13,15H2/t20-/m0/s1. The van der Waals surface area contributed by atoms with Crippen molar-refractivity contribution in [2.75, 3.05) is 13.1 Å². The van der Waals surface area contributed by atoms with Crippen LogP contribution in [0.5, 0.6) is 0 Å². The van der Waals surface area contributed by atoms with Crippen molar-refractivity contribution in [2.45, 2.75) is 38.4 Å². The molecule has 2 heterocycles. The molecule has 2 aromatic rings. The van der Waals surface area contributed by atoms with Crippen LogP contribution in [-0.4, -0.2) is 45.2 Å². The predicted molar refractivity (Wildman–Crippen MR) is 99.6 cm³/mol. The molecule has 0 saturated carbocycles. The molecule has 1 aliphatic rings. The van der Waals surface area contributed by atoms with Gasteiger partial charge in [-0.3, -0.25) is 9.78 Å². The van der Waals surface area contributed by atoms with Crippen molar-refractivity contribution in [1.29, 1.82) is 0 Å². The average Bonchev–Trinajstić information content (AvgIpc) is 2.72. The fourth-order valence-electron chi connectivity index (χ4n) is 3.53. The Labute approximate surface area is 154 Å². The summed E-state index contributed by atoms with van der Waals surface area (Å²) in [7, 11) is 0. The first-order chi connectivity index (χ1) is 12.7. The molecule has 1 amide bonds. The van der Waals surface area contributed by atoms with Crippen molar-refractivity contribution >= 4 is 5.91 Å². The van der Waals surface area contributed by atoms with Gasteiger partial charge < -0.3 is 15.1 Å². The zero-order valence-corrected chi connectivity index (χ0v) is 14.9. The van der Waals surface area contributed by atoms with Crippen molar-refractivity contribution in [1.82, 2.24) is 9.88 Å². The largest absolute Gasteiger partial charge is 0.393 e. The number of hydrogen-bond donors (Lipinski definition) is 2. The molecule has 1 fully saturated rings. The second-order valence-electron chi connectivity index (χ2n) is 6.93. The highest BCUT2D eigenvalue weighted by Crippen LogP contribution is 2.24. The zero-order chi connectivity index (χ0) is 18.4. The molecular weight excluding hydrogens is 328 g/mol. The molecule has 5 nitrogen and oxygen atoms in total. The Morgan fingerprint density at radius 2 is 1.88 bits per heavy atom. The highest BCUT2D eigenvalue weighted by molar-refractivity contribution is 5.92. The van der Waals surface area contributed by atoms with E-state index in [1.165, 1.54) is 5.56 Å². The van der Waals surface area contributed by atoms with Crippen molar-refractivity contribution in [3.8, 4) is 0 Å². The third-order valence-corrected chi connectivity index (χ3v) is 5.17. The number of likely N-dealkylation sites (tertiary alicyclic amines) is 1. The maximum atomic E-state index is 12.6.